The van der Waals surface area contributed by atoms with Crippen molar-refractivity contribution in [1.82, 2.24) is 15.5 Å². The van der Waals surface area contributed by atoms with Crippen LogP contribution in [0.2, 0.25) is 0 Å². The van der Waals surface area contributed by atoms with Crippen molar-refractivity contribution in [1.29, 1.82) is 5.26 Å². The minimum absolute atomic E-state index is 0. The van der Waals surface area contributed by atoms with E-state index in [0.29, 0.717) is 12.1 Å². The summed E-state index contributed by atoms with van der Waals surface area (Å²) in [4.78, 5) is 6.78. The van der Waals surface area contributed by atoms with E-state index in [2.05, 4.69) is 64.7 Å². The number of benzene rings is 2. The molecule has 2 aromatic carbocycles. The highest BCUT2D eigenvalue weighted by Crippen LogP contribution is 2.19. The molecule has 0 fully saturated rings. The van der Waals surface area contributed by atoms with Crippen LogP contribution in [0.15, 0.2) is 59.6 Å². The fraction of sp³-hybridized carbons (Fsp3) is 0.364. The number of guanidine groups is 1. The first kappa shape index (κ1) is 23.9. The van der Waals surface area contributed by atoms with Crippen LogP contribution < -0.4 is 10.6 Å². The third-order valence-electron chi connectivity index (χ3n) is 4.67. The number of rotatable bonds is 8. The van der Waals surface area contributed by atoms with E-state index in [1.54, 1.807) is 7.05 Å². The number of nitriles is 1. The average Bonchev–Trinajstić information content (AvgIpc) is 2.74. The molecule has 1 atom stereocenters. The lowest BCUT2D eigenvalue weighted by Gasteiger charge is -2.30. The molecular weight excluding hydrogens is 461 g/mol. The molecule has 0 aromatic heterocycles. The fourth-order valence-corrected chi connectivity index (χ4v) is 3.09. The van der Waals surface area contributed by atoms with Crippen molar-refractivity contribution < 1.29 is 0 Å². The highest BCUT2D eigenvalue weighted by Gasteiger charge is 2.18. The van der Waals surface area contributed by atoms with Gasteiger partial charge < -0.3 is 10.6 Å². The minimum atomic E-state index is 0. The van der Waals surface area contributed by atoms with Gasteiger partial charge in [-0.3, -0.25) is 9.89 Å². The van der Waals surface area contributed by atoms with E-state index < -0.39 is 0 Å². The Morgan fingerprint density at radius 3 is 2.21 bits per heavy atom. The highest BCUT2D eigenvalue weighted by molar-refractivity contribution is 14.0. The molecule has 2 aromatic rings. The third kappa shape index (κ3) is 7.13. The highest BCUT2D eigenvalue weighted by atomic mass is 127. The zero-order valence-corrected chi connectivity index (χ0v) is 19.2. The van der Waals surface area contributed by atoms with E-state index >= 15 is 0 Å². The van der Waals surface area contributed by atoms with Gasteiger partial charge in [-0.05, 0) is 36.3 Å². The molecule has 2 rings (SSSR count). The van der Waals surface area contributed by atoms with Crippen LogP contribution in [0.4, 0.5) is 0 Å². The zero-order valence-electron chi connectivity index (χ0n) is 16.9. The standard InChI is InChI=1S/C22H29N5.HI/c1-4-27(5-2)21(20-9-7-6-8-10-20)17-26-22(24-3)25-16-19-13-11-18(15-23)12-14-19;/h6-14,21H,4-5,16-17H2,1-3H3,(H2,24,25,26);1H. The predicted molar refractivity (Wildman–Crippen MR) is 127 cm³/mol. The zero-order chi connectivity index (χ0) is 19.5. The second-order valence-corrected chi connectivity index (χ2v) is 6.26. The van der Waals surface area contributed by atoms with Crippen LogP contribution in [0, 0.1) is 11.3 Å². The van der Waals surface area contributed by atoms with Gasteiger partial charge >= 0.3 is 0 Å². The van der Waals surface area contributed by atoms with Crippen LogP contribution in [0.25, 0.3) is 0 Å². The third-order valence-corrected chi connectivity index (χ3v) is 4.67. The molecule has 2 N–H and O–H groups in total. The molecule has 28 heavy (non-hydrogen) atoms. The molecule has 0 bridgehead atoms. The Labute approximate surface area is 185 Å². The van der Waals surface area contributed by atoms with Crippen molar-refractivity contribution in [3.63, 3.8) is 0 Å². The SMILES string of the molecule is CCN(CC)C(CNC(=NC)NCc1ccc(C#N)cc1)c1ccccc1.I. The Balaban J connectivity index is 0.00000392. The van der Waals surface area contributed by atoms with Gasteiger partial charge in [0.1, 0.15) is 0 Å². The normalized spacial score (nSPS) is 12.0. The van der Waals surface area contributed by atoms with Gasteiger partial charge in [0.2, 0.25) is 0 Å². The van der Waals surface area contributed by atoms with Crippen molar-refractivity contribution in [2.45, 2.75) is 26.4 Å². The summed E-state index contributed by atoms with van der Waals surface area (Å²) in [5.41, 5.74) is 3.09. The molecular formula is C22H30IN5. The molecule has 0 aliphatic heterocycles. The number of likely N-dealkylation sites (N-methyl/N-ethyl adjacent to an activating group) is 1. The van der Waals surface area contributed by atoms with E-state index in [4.69, 9.17) is 5.26 Å². The Bertz CT molecular complexity index is 749. The second-order valence-electron chi connectivity index (χ2n) is 6.26. The lowest BCUT2D eigenvalue weighted by atomic mass is 10.1. The van der Waals surface area contributed by atoms with Crippen LogP contribution in [0.5, 0.6) is 0 Å². The van der Waals surface area contributed by atoms with Crippen LogP contribution in [-0.4, -0.2) is 37.5 Å². The van der Waals surface area contributed by atoms with Crippen molar-refractivity contribution in [3.05, 3.63) is 71.3 Å². The van der Waals surface area contributed by atoms with Crippen molar-refractivity contribution in [2.24, 2.45) is 4.99 Å². The van der Waals surface area contributed by atoms with Crippen LogP contribution in [0.1, 0.15) is 36.6 Å². The molecule has 0 saturated heterocycles. The maximum Gasteiger partial charge on any atom is 0.191 e. The molecule has 0 heterocycles. The minimum Gasteiger partial charge on any atom is -0.354 e. The van der Waals surface area contributed by atoms with Gasteiger partial charge in [0.25, 0.3) is 0 Å². The first-order valence-electron chi connectivity index (χ1n) is 9.44. The molecule has 0 spiro atoms. The Hall–Kier alpha value is -2.11. The molecule has 5 nitrogen and oxygen atoms in total. The Morgan fingerprint density at radius 2 is 1.68 bits per heavy atom. The smallest absolute Gasteiger partial charge is 0.191 e. The monoisotopic (exact) mass is 491 g/mol. The number of hydrogen-bond donors (Lipinski definition) is 2. The summed E-state index contributed by atoms with van der Waals surface area (Å²) < 4.78 is 0. The second kappa shape index (κ2) is 13.1. The predicted octanol–water partition coefficient (Wildman–Crippen LogP) is 3.92. The molecule has 150 valence electrons. The number of hydrogen-bond acceptors (Lipinski definition) is 3. The lowest BCUT2D eigenvalue weighted by molar-refractivity contribution is 0.219. The largest absolute Gasteiger partial charge is 0.354 e. The van der Waals surface area contributed by atoms with Gasteiger partial charge in [0, 0.05) is 20.1 Å². The Morgan fingerprint density at radius 1 is 1.04 bits per heavy atom. The van der Waals surface area contributed by atoms with Gasteiger partial charge in [-0.1, -0.05) is 56.3 Å². The molecule has 0 amide bonds. The lowest BCUT2D eigenvalue weighted by Crippen LogP contribution is -2.43. The number of aliphatic imine (C=N–C) groups is 1. The first-order valence-corrected chi connectivity index (χ1v) is 9.44. The molecule has 0 saturated carbocycles. The van der Waals surface area contributed by atoms with Crippen LogP contribution >= 0.6 is 24.0 Å². The van der Waals surface area contributed by atoms with Gasteiger partial charge in [-0.15, -0.1) is 24.0 Å². The summed E-state index contributed by atoms with van der Waals surface area (Å²) in [6, 6.07) is 20.6. The van der Waals surface area contributed by atoms with Gasteiger partial charge in [0.15, 0.2) is 5.96 Å². The summed E-state index contributed by atoms with van der Waals surface area (Å²) in [6.07, 6.45) is 0. The van der Waals surface area contributed by atoms with Crippen LogP contribution in [-0.2, 0) is 6.54 Å². The van der Waals surface area contributed by atoms with E-state index in [0.717, 1.165) is 31.2 Å². The van der Waals surface area contributed by atoms with Crippen molar-refractivity contribution >= 4 is 29.9 Å². The van der Waals surface area contributed by atoms with Gasteiger partial charge in [-0.2, -0.15) is 5.26 Å². The summed E-state index contributed by atoms with van der Waals surface area (Å²) >= 11 is 0. The van der Waals surface area contributed by atoms with E-state index in [-0.39, 0.29) is 30.0 Å². The molecule has 1 unspecified atom stereocenters. The number of nitrogens with one attached hydrogen (secondary N) is 2. The fourth-order valence-electron chi connectivity index (χ4n) is 3.09. The van der Waals surface area contributed by atoms with Gasteiger partial charge in [-0.25, -0.2) is 0 Å². The summed E-state index contributed by atoms with van der Waals surface area (Å²) in [6.45, 7) is 7.81. The Kier molecular flexibility index (Phi) is 11.2. The summed E-state index contributed by atoms with van der Waals surface area (Å²) in [5, 5.41) is 15.7. The van der Waals surface area contributed by atoms with Gasteiger partial charge in [0.05, 0.1) is 17.7 Å². The summed E-state index contributed by atoms with van der Waals surface area (Å²) in [5.74, 6) is 0.771. The molecule has 0 aliphatic rings. The topological polar surface area (TPSA) is 63.4 Å². The molecule has 0 radical (unpaired) electrons. The van der Waals surface area contributed by atoms with Crippen molar-refractivity contribution in [3.8, 4) is 6.07 Å². The molecule has 0 aliphatic carbocycles. The number of nitrogens with zero attached hydrogens (tertiary/aromatic N) is 3. The van der Waals surface area contributed by atoms with Crippen molar-refractivity contribution in [2.75, 3.05) is 26.7 Å². The maximum atomic E-state index is 8.89. The molecule has 6 heteroatoms. The average molecular weight is 491 g/mol. The van der Waals surface area contributed by atoms with E-state index in [1.807, 2.05) is 30.3 Å². The first-order chi connectivity index (χ1) is 13.2. The summed E-state index contributed by atoms with van der Waals surface area (Å²) in [7, 11) is 1.78. The number of halogens is 1. The van der Waals surface area contributed by atoms with Crippen LogP contribution in [0.3, 0.4) is 0 Å². The van der Waals surface area contributed by atoms with E-state index in [9.17, 15) is 0 Å². The maximum absolute atomic E-state index is 8.89. The van der Waals surface area contributed by atoms with E-state index in [1.165, 1.54) is 5.56 Å². The quantitative estimate of drug-likeness (QED) is 0.334.